The van der Waals surface area contributed by atoms with Crippen molar-refractivity contribution in [1.82, 2.24) is 0 Å². The molecule has 0 fully saturated rings. The average molecular weight is 443 g/mol. The van der Waals surface area contributed by atoms with Gasteiger partial charge < -0.3 is 15.2 Å². The Hall–Kier alpha value is -1.53. The van der Waals surface area contributed by atoms with Crippen LogP contribution in [0, 0.1) is 0 Å². The Balaban J connectivity index is 1.92. The Morgan fingerprint density at radius 2 is 1.74 bits per heavy atom. The number of hydrogen-bond acceptors (Lipinski definition) is 3. The third-order valence-corrected chi connectivity index (χ3v) is 4.43. The van der Waals surface area contributed by atoms with Crippen LogP contribution in [0.3, 0.4) is 0 Å². The molecule has 4 nitrogen and oxygen atoms in total. The van der Waals surface area contributed by atoms with Gasteiger partial charge in [0.2, 0.25) is 0 Å². The van der Waals surface area contributed by atoms with Crippen molar-refractivity contribution < 1.29 is 14.6 Å². The van der Waals surface area contributed by atoms with E-state index in [1.54, 1.807) is 12.1 Å². The molecule has 122 valence electrons. The van der Waals surface area contributed by atoms with Crippen LogP contribution in [0.15, 0.2) is 45.3 Å². The van der Waals surface area contributed by atoms with Crippen molar-refractivity contribution >= 4 is 43.5 Å². The van der Waals surface area contributed by atoms with Gasteiger partial charge in [-0.1, -0.05) is 26.0 Å². The minimum atomic E-state index is -0.276. The number of ether oxygens (including phenoxy) is 1. The summed E-state index contributed by atoms with van der Waals surface area (Å²) < 4.78 is 6.46. The number of nitrogens with one attached hydrogen (secondary N) is 1. The number of carbonyl (C=O) groups excluding carboxylic acids is 1. The molecule has 0 bridgehead atoms. The van der Waals surface area contributed by atoms with E-state index in [-0.39, 0.29) is 18.3 Å². The molecule has 2 aromatic carbocycles. The highest BCUT2D eigenvalue weighted by atomic mass is 79.9. The maximum absolute atomic E-state index is 11.9. The summed E-state index contributed by atoms with van der Waals surface area (Å²) in [6, 6.07) is 10.9. The number of amides is 1. The summed E-state index contributed by atoms with van der Waals surface area (Å²) in [5.41, 5.74) is 1.78. The lowest BCUT2D eigenvalue weighted by Gasteiger charge is -2.10. The van der Waals surface area contributed by atoms with Crippen molar-refractivity contribution in [3.63, 3.8) is 0 Å². The smallest absolute Gasteiger partial charge is 0.262 e. The maximum atomic E-state index is 11.9. The van der Waals surface area contributed by atoms with Crippen molar-refractivity contribution in [3.05, 3.63) is 50.9 Å². The van der Waals surface area contributed by atoms with Crippen LogP contribution in [0.2, 0.25) is 0 Å². The number of anilines is 1. The molecule has 0 saturated heterocycles. The van der Waals surface area contributed by atoms with E-state index in [0.29, 0.717) is 26.3 Å². The molecule has 0 heterocycles. The average Bonchev–Trinajstić information content (AvgIpc) is 2.51. The molecule has 0 unspecified atom stereocenters. The number of rotatable bonds is 5. The van der Waals surface area contributed by atoms with Crippen LogP contribution in [-0.4, -0.2) is 17.6 Å². The fourth-order valence-corrected chi connectivity index (χ4v) is 3.12. The van der Waals surface area contributed by atoms with E-state index in [1.165, 1.54) is 5.56 Å². The highest BCUT2D eigenvalue weighted by Gasteiger charge is 2.09. The molecule has 2 rings (SSSR count). The summed E-state index contributed by atoms with van der Waals surface area (Å²) in [6.07, 6.45) is 0. The maximum Gasteiger partial charge on any atom is 0.262 e. The first kappa shape index (κ1) is 17.8. The van der Waals surface area contributed by atoms with Crippen molar-refractivity contribution in [1.29, 1.82) is 0 Å². The van der Waals surface area contributed by atoms with Gasteiger partial charge in [0.15, 0.2) is 6.61 Å². The van der Waals surface area contributed by atoms with E-state index < -0.39 is 0 Å². The van der Waals surface area contributed by atoms with Crippen molar-refractivity contribution in [2.75, 3.05) is 11.9 Å². The lowest BCUT2D eigenvalue weighted by molar-refractivity contribution is -0.118. The topological polar surface area (TPSA) is 58.6 Å². The van der Waals surface area contributed by atoms with Crippen molar-refractivity contribution in [2.24, 2.45) is 0 Å². The number of phenols is 1. The summed E-state index contributed by atoms with van der Waals surface area (Å²) >= 11 is 6.44. The molecule has 0 aliphatic heterocycles. The van der Waals surface area contributed by atoms with Gasteiger partial charge in [-0.2, -0.15) is 0 Å². The van der Waals surface area contributed by atoms with E-state index in [1.807, 2.05) is 24.3 Å². The zero-order valence-electron chi connectivity index (χ0n) is 12.8. The second-order valence-electron chi connectivity index (χ2n) is 5.35. The molecule has 0 saturated carbocycles. The minimum absolute atomic E-state index is 0.0862. The number of halogens is 2. The molecule has 0 radical (unpaired) electrons. The van der Waals surface area contributed by atoms with Crippen LogP contribution in [-0.2, 0) is 4.79 Å². The fraction of sp³-hybridized carbons (Fsp3) is 0.235. The second-order valence-corrected chi connectivity index (χ2v) is 7.06. The highest BCUT2D eigenvalue weighted by Crippen LogP contribution is 2.35. The Bertz CT molecular complexity index is 676. The van der Waals surface area contributed by atoms with Gasteiger partial charge in [-0.05, 0) is 67.6 Å². The van der Waals surface area contributed by atoms with E-state index in [0.717, 1.165) is 0 Å². The zero-order chi connectivity index (χ0) is 17.0. The molecule has 0 spiro atoms. The minimum Gasteiger partial charge on any atom is -0.506 e. The van der Waals surface area contributed by atoms with Crippen LogP contribution >= 0.6 is 31.9 Å². The van der Waals surface area contributed by atoms with Gasteiger partial charge in [-0.3, -0.25) is 4.79 Å². The molecule has 0 aromatic heterocycles. The van der Waals surface area contributed by atoms with Crippen molar-refractivity contribution in [3.8, 4) is 11.5 Å². The Kier molecular flexibility index (Phi) is 6.07. The first-order valence-electron chi connectivity index (χ1n) is 7.07. The summed E-state index contributed by atoms with van der Waals surface area (Å²) in [6.45, 7) is 4.16. The normalized spacial score (nSPS) is 10.7. The molecule has 2 N–H and O–H groups in total. The van der Waals surface area contributed by atoms with Crippen LogP contribution in [0.25, 0.3) is 0 Å². The molecule has 6 heteroatoms. The van der Waals surface area contributed by atoms with E-state index in [4.69, 9.17) is 4.74 Å². The molecule has 23 heavy (non-hydrogen) atoms. The molecule has 0 atom stereocenters. The predicted octanol–water partition coefficient (Wildman–Crippen LogP) is 5.06. The van der Waals surface area contributed by atoms with Gasteiger partial charge in [0, 0.05) is 5.69 Å². The summed E-state index contributed by atoms with van der Waals surface area (Å²) in [4.78, 5) is 11.9. The van der Waals surface area contributed by atoms with Crippen LogP contribution < -0.4 is 10.1 Å². The van der Waals surface area contributed by atoms with Gasteiger partial charge in [0.1, 0.15) is 11.5 Å². The van der Waals surface area contributed by atoms with Gasteiger partial charge in [0.05, 0.1) is 8.95 Å². The third kappa shape index (κ3) is 4.97. The number of benzene rings is 2. The lowest BCUT2D eigenvalue weighted by atomic mass is 10.0. The highest BCUT2D eigenvalue weighted by molar-refractivity contribution is 9.11. The van der Waals surface area contributed by atoms with Gasteiger partial charge in [-0.25, -0.2) is 0 Å². The number of aromatic hydroxyl groups is 1. The van der Waals surface area contributed by atoms with E-state index >= 15 is 0 Å². The van der Waals surface area contributed by atoms with Crippen molar-refractivity contribution in [2.45, 2.75) is 19.8 Å². The SMILES string of the molecule is CC(C)c1ccc(OCC(=O)Nc2cc(Br)c(O)c(Br)c2)cc1. The second kappa shape index (κ2) is 7.84. The molecular weight excluding hydrogens is 426 g/mol. The molecule has 0 aliphatic rings. The van der Waals surface area contributed by atoms with Crippen LogP contribution in [0.4, 0.5) is 5.69 Å². The quantitative estimate of drug-likeness (QED) is 0.636. The number of hydrogen-bond donors (Lipinski definition) is 2. The fourth-order valence-electron chi connectivity index (χ4n) is 1.93. The molecule has 1 amide bonds. The summed E-state index contributed by atoms with van der Waals surface area (Å²) in [7, 11) is 0. The Morgan fingerprint density at radius 3 is 2.26 bits per heavy atom. The first-order valence-corrected chi connectivity index (χ1v) is 8.66. The standard InChI is InChI=1S/C17H17Br2NO3/c1-10(2)11-3-5-13(6-4-11)23-9-16(21)20-12-7-14(18)17(22)15(19)8-12/h3-8,10,22H,9H2,1-2H3,(H,20,21). The van der Waals surface area contributed by atoms with Crippen LogP contribution in [0.5, 0.6) is 11.5 Å². The summed E-state index contributed by atoms with van der Waals surface area (Å²) in [5, 5.41) is 12.4. The van der Waals surface area contributed by atoms with Gasteiger partial charge >= 0.3 is 0 Å². The van der Waals surface area contributed by atoms with Crippen LogP contribution in [0.1, 0.15) is 25.3 Å². The molecule has 2 aromatic rings. The first-order chi connectivity index (χ1) is 10.9. The third-order valence-electron chi connectivity index (χ3n) is 3.22. The Morgan fingerprint density at radius 1 is 1.17 bits per heavy atom. The van der Waals surface area contributed by atoms with Gasteiger partial charge in [-0.15, -0.1) is 0 Å². The zero-order valence-corrected chi connectivity index (χ0v) is 15.9. The number of phenolic OH excluding ortho intramolecular Hbond substituents is 1. The monoisotopic (exact) mass is 441 g/mol. The molecular formula is C17H17Br2NO3. The van der Waals surface area contributed by atoms with Gasteiger partial charge in [0.25, 0.3) is 5.91 Å². The lowest BCUT2D eigenvalue weighted by Crippen LogP contribution is -2.20. The van der Waals surface area contributed by atoms with E-state index in [9.17, 15) is 9.90 Å². The summed E-state index contributed by atoms with van der Waals surface area (Å²) in [5.74, 6) is 0.920. The molecule has 0 aliphatic carbocycles. The predicted molar refractivity (Wildman–Crippen MR) is 98.2 cm³/mol. The Labute approximate surface area is 152 Å². The largest absolute Gasteiger partial charge is 0.506 e. The van der Waals surface area contributed by atoms with E-state index in [2.05, 4.69) is 51.0 Å². The number of carbonyl (C=O) groups is 1.